The van der Waals surface area contributed by atoms with Gasteiger partial charge in [-0.2, -0.15) is 8.78 Å². The van der Waals surface area contributed by atoms with Crippen LogP contribution < -0.4 is 10.1 Å². The van der Waals surface area contributed by atoms with E-state index in [0.717, 1.165) is 0 Å². The molecule has 0 aliphatic carbocycles. The van der Waals surface area contributed by atoms with Gasteiger partial charge in [0.05, 0.1) is 0 Å². The fraction of sp³-hybridized carbons (Fsp3) is 0.364. The molecular formula is C11H13F2NO2. The molecule has 1 rings (SSSR count). The van der Waals surface area contributed by atoms with Crippen molar-refractivity contribution < 1.29 is 18.3 Å². The highest BCUT2D eigenvalue weighted by Crippen LogP contribution is 2.15. The van der Waals surface area contributed by atoms with Gasteiger partial charge in [0.2, 0.25) is 0 Å². The second kappa shape index (κ2) is 5.44. The van der Waals surface area contributed by atoms with Crippen molar-refractivity contribution in [2.75, 3.05) is 0 Å². The molecule has 0 aliphatic heterocycles. The number of carbonyl (C=O) groups excluding carboxylic acids is 1. The predicted molar refractivity (Wildman–Crippen MR) is 55.7 cm³/mol. The lowest BCUT2D eigenvalue weighted by Crippen LogP contribution is -2.30. The molecule has 0 aromatic heterocycles. The summed E-state index contributed by atoms with van der Waals surface area (Å²) in [4.78, 5) is 11.5. The summed E-state index contributed by atoms with van der Waals surface area (Å²) in [6.07, 6.45) is 0. The molecule has 5 heteroatoms. The summed E-state index contributed by atoms with van der Waals surface area (Å²) in [6, 6.07) is 5.68. The Bertz CT molecular complexity index is 367. The second-order valence-corrected chi connectivity index (χ2v) is 3.53. The molecule has 16 heavy (non-hydrogen) atoms. The molecule has 0 saturated heterocycles. The molecule has 1 amide bonds. The first-order chi connectivity index (χ1) is 7.49. The van der Waals surface area contributed by atoms with E-state index >= 15 is 0 Å². The summed E-state index contributed by atoms with van der Waals surface area (Å²) in [5, 5.41) is 2.66. The minimum absolute atomic E-state index is 0.00725. The maximum absolute atomic E-state index is 11.9. The van der Waals surface area contributed by atoms with Gasteiger partial charge in [0.1, 0.15) is 5.75 Å². The first kappa shape index (κ1) is 12.4. The van der Waals surface area contributed by atoms with E-state index in [1.54, 1.807) is 0 Å². The number of rotatable bonds is 4. The number of amides is 1. The van der Waals surface area contributed by atoms with E-state index in [9.17, 15) is 13.6 Å². The predicted octanol–water partition coefficient (Wildman–Crippen LogP) is 2.43. The first-order valence-electron chi connectivity index (χ1n) is 4.85. The van der Waals surface area contributed by atoms with Gasteiger partial charge in [0.25, 0.3) is 5.91 Å². The van der Waals surface area contributed by atoms with Gasteiger partial charge in [0, 0.05) is 11.6 Å². The molecule has 1 aromatic rings. The van der Waals surface area contributed by atoms with Gasteiger partial charge in [-0.1, -0.05) is 6.07 Å². The Hall–Kier alpha value is -1.65. The average molecular weight is 229 g/mol. The molecule has 88 valence electrons. The van der Waals surface area contributed by atoms with Crippen LogP contribution in [0.3, 0.4) is 0 Å². The van der Waals surface area contributed by atoms with E-state index in [0.29, 0.717) is 5.56 Å². The largest absolute Gasteiger partial charge is 0.435 e. The number of benzene rings is 1. The highest BCUT2D eigenvalue weighted by molar-refractivity contribution is 5.94. The standard InChI is InChI=1S/C11H13F2NO2/c1-7(2)14-10(15)8-4-3-5-9(6-8)16-11(12)13/h3-7,11H,1-2H3,(H,14,15). The monoisotopic (exact) mass is 229 g/mol. The topological polar surface area (TPSA) is 38.3 Å². The third-order valence-electron chi connectivity index (χ3n) is 1.74. The minimum atomic E-state index is -2.89. The highest BCUT2D eigenvalue weighted by atomic mass is 19.3. The minimum Gasteiger partial charge on any atom is -0.435 e. The zero-order valence-corrected chi connectivity index (χ0v) is 9.04. The van der Waals surface area contributed by atoms with E-state index in [2.05, 4.69) is 10.1 Å². The molecule has 0 fully saturated rings. The second-order valence-electron chi connectivity index (χ2n) is 3.53. The fourth-order valence-electron chi connectivity index (χ4n) is 1.16. The number of nitrogens with one attached hydrogen (secondary N) is 1. The molecule has 0 unspecified atom stereocenters. The third kappa shape index (κ3) is 3.84. The van der Waals surface area contributed by atoms with Crippen molar-refractivity contribution in [2.45, 2.75) is 26.5 Å². The first-order valence-corrected chi connectivity index (χ1v) is 4.85. The quantitative estimate of drug-likeness (QED) is 0.861. The van der Waals surface area contributed by atoms with Crippen molar-refractivity contribution in [3.05, 3.63) is 29.8 Å². The van der Waals surface area contributed by atoms with E-state index in [-0.39, 0.29) is 17.7 Å². The SMILES string of the molecule is CC(C)NC(=O)c1cccc(OC(F)F)c1. The lowest BCUT2D eigenvalue weighted by molar-refractivity contribution is -0.0498. The molecule has 0 radical (unpaired) electrons. The van der Waals surface area contributed by atoms with Gasteiger partial charge >= 0.3 is 6.61 Å². The van der Waals surface area contributed by atoms with Crippen LogP contribution in [0.2, 0.25) is 0 Å². The van der Waals surface area contributed by atoms with E-state index in [1.165, 1.54) is 24.3 Å². The smallest absolute Gasteiger partial charge is 0.387 e. The average Bonchev–Trinajstić information content (AvgIpc) is 2.16. The summed E-state index contributed by atoms with van der Waals surface area (Å²) in [5.41, 5.74) is 0.298. The van der Waals surface area contributed by atoms with Crippen LogP contribution in [0.15, 0.2) is 24.3 Å². The zero-order valence-electron chi connectivity index (χ0n) is 9.04. The normalized spacial score (nSPS) is 10.6. The fourth-order valence-corrected chi connectivity index (χ4v) is 1.16. The summed E-state index contributed by atoms with van der Waals surface area (Å²) in [6.45, 7) is 0.748. The summed E-state index contributed by atoms with van der Waals surface area (Å²) in [7, 11) is 0. The molecule has 0 heterocycles. The number of hydrogen-bond donors (Lipinski definition) is 1. The zero-order chi connectivity index (χ0) is 12.1. The molecule has 0 bridgehead atoms. The van der Waals surface area contributed by atoms with Gasteiger partial charge in [0.15, 0.2) is 0 Å². The van der Waals surface area contributed by atoms with Crippen molar-refractivity contribution in [3.63, 3.8) is 0 Å². The lowest BCUT2D eigenvalue weighted by Gasteiger charge is -2.09. The molecule has 0 spiro atoms. The van der Waals surface area contributed by atoms with Crippen molar-refractivity contribution in [2.24, 2.45) is 0 Å². The maximum Gasteiger partial charge on any atom is 0.387 e. The van der Waals surface area contributed by atoms with Gasteiger partial charge < -0.3 is 10.1 Å². The highest BCUT2D eigenvalue weighted by Gasteiger charge is 2.09. The molecule has 1 aromatic carbocycles. The summed E-state index contributed by atoms with van der Waals surface area (Å²) in [5.74, 6) is -0.332. The number of hydrogen-bond acceptors (Lipinski definition) is 2. The van der Waals surface area contributed by atoms with Crippen LogP contribution in [0.5, 0.6) is 5.75 Å². The number of halogens is 2. The molecule has 0 atom stereocenters. The summed E-state index contributed by atoms with van der Waals surface area (Å²) >= 11 is 0. The Morgan fingerprint density at radius 2 is 2.06 bits per heavy atom. The molecule has 1 N–H and O–H groups in total. The third-order valence-corrected chi connectivity index (χ3v) is 1.74. The van der Waals surface area contributed by atoms with Crippen LogP contribution >= 0.6 is 0 Å². The number of alkyl halides is 2. The van der Waals surface area contributed by atoms with Gasteiger partial charge in [-0.25, -0.2) is 0 Å². The molecule has 0 aliphatic rings. The Balaban J connectivity index is 2.77. The Morgan fingerprint density at radius 1 is 1.38 bits per heavy atom. The van der Waals surface area contributed by atoms with Crippen LogP contribution in [0.4, 0.5) is 8.78 Å². The lowest BCUT2D eigenvalue weighted by atomic mass is 10.2. The molecule has 0 saturated carbocycles. The van der Waals surface area contributed by atoms with Crippen LogP contribution in [-0.2, 0) is 0 Å². The summed E-state index contributed by atoms with van der Waals surface area (Å²) < 4.78 is 28.1. The van der Waals surface area contributed by atoms with Crippen LogP contribution in [0.1, 0.15) is 24.2 Å². The molecular weight excluding hydrogens is 216 g/mol. The number of carbonyl (C=O) groups is 1. The Kier molecular flexibility index (Phi) is 4.22. The maximum atomic E-state index is 11.9. The van der Waals surface area contributed by atoms with E-state index in [4.69, 9.17) is 0 Å². The van der Waals surface area contributed by atoms with Crippen molar-refractivity contribution in [1.82, 2.24) is 5.32 Å². The molecule has 3 nitrogen and oxygen atoms in total. The Labute approximate surface area is 92.4 Å². The van der Waals surface area contributed by atoms with Crippen LogP contribution in [-0.4, -0.2) is 18.6 Å². The van der Waals surface area contributed by atoms with Gasteiger partial charge in [-0.3, -0.25) is 4.79 Å². The van der Waals surface area contributed by atoms with Gasteiger partial charge in [-0.05, 0) is 32.0 Å². The van der Waals surface area contributed by atoms with Crippen LogP contribution in [0, 0.1) is 0 Å². The Morgan fingerprint density at radius 3 is 2.62 bits per heavy atom. The van der Waals surface area contributed by atoms with Crippen molar-refractivity contribution in [1.29, 1.82) is 0 Å². The van der Waals surface area contributed by atoms with Crippen LogP contribution in [0.25, 0.3) is 0 Å². The van der Waals surface area contributed by atoms with Gasteiger partial charge in [-0.15, -0.1) is 0 Å². The van der Waals surface area contributed by atoms with Crippen molar-refractivity contribution >= 4 is 5.91 Å². The number of ether oxygens (including phenoxy) is 1. The van der Waals surface area contributed by atoms with E-state index < -0.39 is 6.61 Å². The van der Waals surface area contributed by atoms with E-state index in [1.807, 2.05) is 13.8 Å². The van der Waals surface area contributed by atoms with Crippen molar-refractivity contribution in [3.8, 4) is 5.75 Å².